The Morgan fingerprint density at radius 1 is 1.21 bits per heavy atom. The maximum atomic E-state index is 13.1. The average molecular weight is 447 g/mol. The van der Waals surface area contributed by atoms with Crippen LogP contribution in [0.2, 0.25) is 10.0 Å². The van der Waals surface area contributed by atoms with E-state index in [1.165, 1.54) is 18.2 Å². The predicted octanol–water partition coefficient (Wildman–Crippen LogP) is 4.28. The number of pyridine rings is 1. The van der Waals surface area contributed by atoms with E-state index in [0.29, 0.717) is 10.7 Å². The molecule has 1 amide bonds. The first-order chi connectivity index (χ1) is 13.6. The summed E-state index contributed by atoms with van der Waals surface area (Å²) >= 11 is 11.8. The van der Waals surface area contributed by atoms with Crippen LogP contribution in [0.1, 0.15) is 23.6 Å². The maximum absolute atomic E-state index is 13.1. The molecule has 0 radical (unpaired) electrons. The number of carbonyl (C=O) groups is 1. The molecule has 1 aromatic heterocycles. The average Bonchev–Trinajstić information content (AvgIpc) is 3.21. The smallest absolute Gasteiger partial charge is 0.390 e. The number of alkyl halides is 3. The molecule has 2 aliphatic heterocycles. The van der Waals surface area contributed by atoms with Crippen LogP contribution in [0.15, 0.2) is 36.5 Å². The molecule has 29 heavy (non-hydrogen) atoms. The van der Waals surface area contributed by atoms with Crippen molar-refractivity contribution in [2.24, 2.45) is 5.92 Å². The van der Waals surface area contributed by atoms with E-state index < -0.39 is 47.9 Å². The number of aliphatic hydroxyl groups is 1. The van der Waals surface area contributed by atoms with Gasteiger partial charge in [-0.25, -0.2) is 0 Å². The first-order valence-corrected chi connectivity index (χ1v) is 9.53. The van der Waals surface area contributed by atoms with E-state index in [4.69, 9.17) is 27.9 Å². The highest BCUT2D eigenvalue weighted by molar-refractivity contribution is 6.42. The van der Waals surface area contributed by atoms with Gasteiger partial charge in [0, 0.05) is 24.2 Å². The minimum atomic E-state index is -4.62. The number of fused-ring (bicyclic) bond motifs is 2. The van der Waals surface area contributed by atoms with E-state index in [1.54, 1.807) is 6.07 Å². The summed E-state index contributed by atoms with van der Waals surface area (Å²) < 4.78 is 45.0. The van der Waals surface area contributed by atoms with E-state index in [2.05, 4.69) is 10.3 Å². The summed E-state index contributed by atoms with van der Waals surface area (Å²) in [5.41, 5.74) is -0.416. The maximum Gasteiger partial charge on any atom is 0.433 e. The Balaban J connectivity index is 1.65. The lowest BCUT2D eigenvalue weighted by Gasteiger charge is -2.30. The number of aliphatic hydroxyl groups excluding tert-OH is 1. The highest BCUT2D eigenvalue weighted by Crippen LogP contribution is 2.49. The predicted molar refractivity (Wildman–Crippen MR) is 99.8 cm³/mol. The van der Waals surface area contributed by atoms with E-state index in [1.807, 2.05) is 0 Å². The van der Waals surface area contributed by atoms with Crippen LogP contribution in [0.4, 0.5) is 18.9 Å². The third kappa shape index (κ3) is 3.82. The fourth-order valence-corrected chi connectivity index (χ4v) is 4.35. The lowest BCUT2D eigenvalue weighted by molar-refractivity contribution is -0.141. The van der Waals surface area contributed by atoms with Crippen LogP contribution in [-0.2, 0) is 15.7 Å². The second-order valence-corrected chi connectivity index (χ2v) is 7.90. The Labute approximate surface area is 173 Å². The summed E-state index contributed by atoms with van der Waals surface area (Å²) in [5.74, 6) is -1.95. The molecular formula is C19H15Cl2F3N2O3. The fourth-order valence-electron chi connectivity index (χ4n) is 4.05. The standard InChI is InChI=1S/C19H15Cl2F3N2O3/c20-10-2-1-9(6-11(10)21)26-18(28)16-13-7-12(27)17(29-13)15(16)8-3-4-25-14(5-8)19(22,23)24/h1-6,12-13,15-17,27H,7H2,(H,26,28)/t12-,13+,15+,16+,17-/m0/s1. The normalized spacial score (nSPS) is 28.6. The molecule has 1 aromatic carbocycles. The molecule has 0 spiro atoms. The molecule has 2 N–H and O–H groups in total. The van der Waals surface area contributed by atoms with Gasteiger partial charge in [0.05, 0.1) is 34.3 Å². The molecular weight excluding hydrogens is 432 g/mol. The number of hydrogen-bond acceptors (Lipinski definition) is 4. The van der Waals surface area contributed by atoms with Crippen molar-refractivity contribution in [2.75, 3.05) is 5.32 Å². The number of nitrogens with one attached hydrogen (secondary N) is 1. The zero-order valence-electron chi connectivity index (χ0n) is 14.7. The Morgan fingerprint density at radius 3 is 2.66 bits per heavy atom. The zero-order valence-corrected chi connectivity index (χ0v) is 16.2. The molecule has 154 valence electrons. The Hall–Kier alpha value is -1.87. The van der Waals surface area contributed by atoms with Gasteiger partial charge in [-0.2, -0.15) is 13.2 Å². The van der Waals surface area contributed by atoms with Crippen LogP contribution in [0.3, 0.4) is 0 Å². The van der Waals surface area contributed by atoms with Gasteiger partial charge in [-0.15, -0.1) is 0 Å². The van der Waals surface area contributed by atoms with Gasteiger partial charge in [-0.3, -0.25) is 9.78 Å². The lowest BCUT2D eigenvalue weighted by atomic mass is 9.74. The first-order valence-electron chi connectivity index (χ1n) is 8.78. The van der Waals surface area contributed by atoms with Crippen molar-refractivity contribution in [3.05, 3.63) is 57.8 Å². The molecule has 2 fully saturated rings. The van der Waals surface area contributed by atoms with Crippen molar-refractivity contribution in [3.63, 3.8) is 0 Å². The highest BCUT2D eigenvalue weighted by Gasteiger charge is 2.57. The van der Waals surface area contributed by atoms with E-state index in [-0.39, 0.29) is 17.0 Å². The molecule has 0 unspecified atom stereocenters. The minimum Gasteiger partial charge on any atom is -0.390 e. The van der Waals surface area contributed by atoms with Gasteiger partial charge in [0.25, 0.3) is 0 Å². The van der Waals surface area contributed by atoms with E-state index in [0.717, 1.165) is 12.3 Å². The van der Waals surface area contributed by atoms with Gasteiger partial charge < -0.3 is 15.2 Å². The van der Waals surface area contributed by atoms with Crippen LogP contribution in [0.25, 0.3) is 0 Å². The van der Waals surface area contributed by atoms with Crippen LogP contribution >= 0.6 is 23.2 Å². The van der Waals surface area contributed by atoms with Crippen molar-refractivity contribution in [3.8, 4) is 0 Å². The summed E-state index contributed by atoms with van der Waals surface area (Å²) in [7, 11) is 0. The second kappa shape index (κ2) is 7.43. The number of ether oxygens (including phenoxy) is 1. The zero-order chi connectivity index (χ0) is 20.9. The molecule has 5 atom stereocenters. The van der Waals surface area contributed by atoms with Crippen molar-refractivity contribution >= 4 is 34.8 Å². The summed E-state index contributed by atoms with van der Waals surface area (Å²) in [4.78, 5) is 16.3. The first kappa shape index (κ1) is 20.4. The number of halogens is 5. The largest absolute Gasteiger partial charge is 0.433 e. The van der Waals surface area contributed by atoms with Gasteiger partial charge in [0.2, 0.25) is 5.91 Å². The number of aromatic nitrogens is 1. The quantitative estimate of drug-likeness (QED) is 0.737. The number of rotatable bonds is 3. The SMILES string of the molecule is O=C(Nc1ccc(Cl)c(Cl)c1)[C@H]1[C@@H](c2ccnc(C(F)(F)F)c2)[C@H]2O[C@@H]1C[C@@H]2O. The van der Waals surface area contributed by atoms with Gasteiger partial charge >= 0.3 is 6.18 Å². The number of carbonyl (C=O) groups excluding carboxylic acids is 1. The van der Waals surface area contributed by atoms with Crippen molar-refractivity contribution < 1.29 is 27.8 Å². The summed E-state index contributed by atoms with van der Waals surface area (Å²) in [6, 6.07) is 6.89. The molecule has 5 nitrogen and oxygen atoms in total. The van der Waals surface area contributed by atoms with Crippen LogP contribution < -0.4 is 5.32 Å². The molecule has 2 saturated heterocycles. The Morgan fingerprint density at radius 2 is 1.97 bits per heavy atom. The molecule has 2 aliphatic rings. The molecule has 0 aliphatic carbocycles. The van der Waals surface area contributed by atoms with Crippen molar-refractivity contribution in [1.29, 1.82) is 0 Å². The monoisotopic (exact) mass is 446 g/mol. The van der Waals surface area contributed by atoms with E-state index in [9.17, 15) is 23.1 Å². The highest BCUT2D eigenvalue weighted by atomic mass is 35.5. The molecule has 0 saturated carbocycles. The molecule has 2 bridgehead atoms. The minimum absolute atomic E-state index is 0.234. The number of anilines is 1. The number of benzene rings is 1. The van der Waals surface area contributed by atoms with Crippen LogP contribution in [-0.4, -0.2) is 34.3 Å². The Bertz CT molecular complexity index is 957. The van der Waals surface area contributed by atoms with Crippen molar-refractivity contribution in [2.45, 2.75) is 36.8 Å². The van der Waals surface area contributed by atoms with Crippen LogP contribution in [0.5, 0.6) is 0 Å². The molecule has 10 heteroatoms. The van der Waals surface area contributed by atoms with Gasteiger partial charge in [0.15, 0.2) is 0 Å². The molecule has 2 aromatic rings. The third-order valence-electron chi connectivity index (χ3n) is 5.28. The lowest BCUT2D eigenvalue weighted by Crippen LogP contribution is -2.41. The Kier molecular flexibility index (Phi) is 5.23. The topological polar surface area (TPSA) is 71.5 Å². The third-order valence-corrected chi connectivity index (χ3v) is 6.01. The van der Waals surface area contributed by atoms with Gasteiger partial charge in [-0.1, -0.05) is 23.2 Å². The van der Waals surface area contributed by atoms with Gasteiger partial charge in [-0.05, 0) is 35.9 Å². The number of hydrogen-bond donors (Lipinski definition) is 2. The van der Waals surface area contributed by atoms with Gasteiger partial charge in [0.1, 0.15) is 5.69 Å². The molecule has 3 heterocycles. The molecule has 4 rings (SSSR count). The summed E-state index contributed by atoms with van der Waals surface area (Å²) in [5, 5.41) is 13.5. The second-order valence-electron chi connectivity index (χ2n) is 7.08. The number of nitrogens with zero attached hydrogens (tertiary/aromatic N) is 1. The fraction of sp³-hybridized carbons (Fsp3) is 0.368. The summed E-state index contributed by atoms with van der Waals surface area (Å²) in [6.07, 6.45) is -5.58. The van der Waals surface area contributed by atoms with E-state index >= 15 is 0 Å². The van der Waals surface area contributed by atoms with Crippen molar-refractivity contribution in [1.82, 2.24) is 4.98 Å². The van der Waals surface area contributed by atoms with Crippen LogP contribution in [0, 0.1) is 5.92 Å². The number of amides is 1. The summed E-state index contributed by atoms with van der Waals surface area (Å²) in [6.45, 7) is 0.